The molecule has 25 heavy (non-hydrogen) atoms. The van der Waals surface area contributed by atoms with Crippen molar-refractivity contribution < 1.29 is 8.42 Å². The Kier molecular flexibility index (Phi) is 5.58. The maximum Gasteiger partial charge on any atom is 0.214 e. The number of sulfone groups is 1. The van der Waals surface area contributed by atoms with Gasteiger partial charge in [0, 0.05) is 24.3 Å². The van der Waals surface area contributed by atoms with Gasteiger partial charge in [-0.25, -0.2) is 17.9 Å². The molecule has 0 aliphatic carbocycles. The molecule has 3 N–H and O–H groups in total. The average Bonchev–Trinajstić information content (AvgIpc) is 2.94. The van der Waals surface area contributed by atoms with Crippen LogP contribution in [0.3, 0.4) is 0 Å². The molecule has 3 rings (SSSR count). The molecule has 0 saturated heterocycles. The van der Waals surface area contributed by atoms with Crippen molar-refractivity contribution in [1.29, 1.82) is 0 Å². The molecule has 3 aromatic rings. The van der Waals surface area contributed by atoms with Crippen molar-refractivity contribution in [3.63, 3.8) is 0 Å². The van der Waals surface area contributed by atoms with Crippen LogP contribution in [0.5, 0.6) is 0 Å². The lowest BCUT2D eigenvalue weighted by Crippen LogP contribution is -2.08. The monoisotopic (exact) mass is 401 g/mol. The van der Waals surface area contributed by atoms with E-state index in [1.165, 1.54) is 16.6 Å². The van der Waals surface area contributed by atoms with Crippen LogP contribution in [-0.2, 0) is 16.4 Å². The molecular formula is C15H17Cl2N5O2S. The summed E-state index contributed by atoms with van der Waals surface area (Å²) >= 11 is 5.94. The highest BCUT2D eigenvalue weighted by atomic mass is 35.5. The summed E-state index contributed by atoms with van der Waals surface area (Å²) in [6.07, 6.45) is 0. The van der Waals surface area contributed by atoms with E-state index in [0.29, 0.717) is 10.7 Å². The summed E-state index contributed by atoms with van der Waals surface area (Å²) in [6, 6.07) is 7.87. The number of benzene rings is 1. The predicted molar refractivity (Wildman–Crippen MR) is 99.3 cm³/mol. The van der Waals surface area contributed by atoms with Gasteiger partial charge in [-0.1, -0.05) is 17.7 Å². The van der Waals surface area contributed by atoms with Gasteiger partial charge in [0.25, 0.3) is 0 Å². The van der Waals surface area contributed by atoms with Gasteiger partial charge in [0.15, 0.2) is 16.4 Å². The van der Waals surface area contributed by atoms with Crippen molar-refractivity contribution in [3.8, 4) is 0 Å². The van der Waals surface area contributed by atoms with E-state index < -0.39 is 9.84 Å². The highest BCUT2D eigenvalue weighted by Crippen LogP contribution is 2.31. The van der Waals surface area contributed by atoms with E-state index in [0.717, 1.165) is 5.69 Å². The molecule has 0 spiro atoms. The lowest BCUT2D eigenvalue weighted by atomic mass is 10.3. The third-order valence-electron chi connectivity index (χ3n) is 3.60. The van der Waals surface area contributed by atoms with E-state index in [1.807, 2.05) is 6.92 Å². The van der Waals surface area contributed by atoms with Crippen LogP contribution in [0.15, 0.2) is 40.1 Å². The predicted octanol–water partition coefficient (Wildman–Crippen LogP) is 2.45. The van der Waals surface area contributed by atoms with Crippen molar-refractivity contribution in [2.75, 3.05) is 12.4 Å². The molecule has 7 nitrogen and oxygen atoms in total. The van der Waals surface area contributed by atoms with E-state index in [2.05, 4.69) is 15.4 Å². The normalized spacial score (nSPS) is 11.4. The molecule has 1 aromatic carbocycles. The fourth-order valence-electron chi connectivity index (χ4n) is 2.48. The first-order valence-electron chi connectivity index (χ1n) is 7.16. The smallest absolute Gasteiger partial charge is 0.214 e. The Bertz CT molecular complexity index is 1030. The van der Waals surface area contributed by atoms with Crippen LogP contribution in [0, 0.1) is 6.92 Å². The van der Waals surface area contributed by atoms with Crippen molar-refractivity contribution in [2.45, 2.75) is 23.3 Å². The average molecular weight is 402 g/mol. The Morgan fingerprint density at radius 2 is 2.04 bits per heavy atom. The molecule has 0 amide bonds. The largest absolute Gasteiger partial charge is 0.370 e. The van der Waals surface area contributed by atoms with E-state index in [4.69, 9.17) is 17.3 Å². The van der Waals surface area contributed by atoms with Gasteiger partial charge in [0.05, 0.1) is 10.6 Å². The molecule has 0 saturated carbocycles. The number of aromatic nitrogens is 3. The third-order valence-corrected chi connectivity index (χ3v) is 5.62. The lowest BCUT2D eigenvalue weighted by molar-refractivity contribution is 0.597. The van der Waals surface area contributed by atoms with Gasteiger partial charge in [0.1, 0.15) is 0 Å². The highest BCUT2D eigenvalue weighted by molar-refractivity contribution is 7.91. The molecule has 0 aliphatic heterocycles. The zero-order chi connectivity index (χ0) is 17.5. The van der Waals surface area contributed by atoms with Gasteiger partial charge in [-0.15, -0.1) is 17.5 Å². The van der Waals surface area contributed by atoms with Crippen molar-refractivity contribution in [3.05, 3.63) is 46.7 Å². The molecule has 0 bridgehead atoms. The van der Waals surface area contributed by atoms with Gasteiger partial charge in [-0.05, 0) is 31.2 Å². The molecule has 0 unspecified atom stereocenters. The molecule has 134 valence electrons. The zero-order valence-electron chi connectivity index (χ0n) is 13.5. The second-order valence-electron chi connectivity index (χ2n) is 5.22. The van der Waals surface area contributed by atoms with Gasteiger partial charge < -0.3 is 11.1 Å². The van der Waals surface area contributed by atoms with Gasteiger partial charge >= 0.3 is 0 Å². The quantitative estimate of drug-likeness (QED) is 0.695. The fourth-order valence-corrected chi connectivity index (χ4v) is 4.28. The minimum Gasteiger partial charge on any atom is -0.370 e. The van der Waals surface area contributed by atoms with E-state index in [-0.39, 0.29) is 40.2 Å². The number of fused-ring (bicyclic) bond motifs is 1. The summed E-state index contributed by atoms with van der Waals surface area (Å²) in [4.78, 5) is 4.45. The topological polar surface area (TPSA) is 102 Å². The van der Waals surface area contributed by atoms with Crippen LogP contribution in [0.1, 0.15) is 11.4 Å². The number of nitrogens with two attached hydrogens (primary N) is 1. The first-order chi connectivity index (χ1) is 11.4. The Morgan fingerprint density at radius 1 is 1.32 bits per heavy atom. The number of anilines is 1. The van der Waals surface area contributed by atoms with E-state index in [9.17, 15) is 8.42 Å². The second kappa shape index (κ2) is 7.17. The standard InChI is InChI=1S/C15H16ClN5O2S.ClH/c1-9-6-11(8-17)19-15-13(14(18-2)20-21(9)15)24(22,23)12-5-3-4-10(16)7-12;/h3-7H,8,17H2,1-2H3,(H,18,20);1H. The maximum atomic E-state index is 13.1. The van der Waals surface area contributed by atoms with Crippen LogP contribution in [0.25, 0.3) is 5.65 Å². The number of rotatable bonds is 4. The van der Waals surface area contributed by atoms with Crippen LogP contribution < -0.4 is 11.1 Å². The summed E-state index contributed by atoms with van der Waals surface area (Å²) in [5, 5.41) is 7.47. The minimum absolute atomic E-state index is 0. The van der Waals surface area contributed by atoms with Crippen LogP contribution in [-0.4, -0.2) is 30.1 Å². The van der Waals surface area contributed by atoms with Gasteiger partial charge in [-0.2, -0.15) is 0 Å². The fraction of sp³-hybridized carbons (Fsp3) is 0.200. The molecule has 10 heteroatoms. The summed E-state index contributed by atoms with van der Waals surface area (Å²) in [5.74, 6) is 0.222. The lowest BCUT2D eigenvalue weighted by Gasteiger charge is -2.06. The summed E-state index contributed by atoms with van der Waals surface area (Å²) < 4.78 is 27.7. The minimum atomic E-state index is -3.86. The molecule has 0 fully saturated rings. The van der Waals surface area contributed by atoms with Crippen molar-refractivity contribution >= 4 is 45.3 Å². The number of halogens is 2. The third kappa shape index (κ3) is 3.30. The van der Waals surface area contributed by atoms with Crippen LogP contribution >= 0.6 is 24.0 Å². The maximum absolute atomic E-state index is 13.1. The number of hydrogen-bond donors (Lipinski definition) is 2. The number of nitrogens with zero attached hydrogens (tertiary/aromatic N) is 3. The highest BCUT2D eigenvalue weighted by Gasteiger charge is 2.29. The van der Waals surface area contributed by atoms with E-state index in [1.54, 1.807) is 25.2 Å². The molecular weight excluding hydrogens is 385 g/mol. The summed E-state index contributed by atoms with van der Waals surface area (Å²) in [7, 11) is -2.25. The van der Waals surface area contributed by atoms with Crippen LogP contribution in [0.4, 0.5) is 5.82 Å². The number of nitrogens with one attached hydrogen (secondary N) is 1. The van der Waals surface area contributed by atoms with Gasteiger partial charge in [-0.3, -0.25) is 0 Å². The number of hydrogen-bond acceptors (Lipinski definition) is 6. The Morgan fingerprint density at radius 3 is 2.64 bits per heavy atom. The Hall–Kier alpha value is -1.87. The van der Waals surface area contributed by atoms with E-state index >= 15 is 0 Å². The second-order valence-corrected chi connectivity index (χ2v) is 7.54. The number of aryl methyl sites for hydroxylation is 1. The van der Waals surface area contributed by atoms with Crippen LogP contribution in [0.2, 0.25) is 5.02 Å². The summed E-state index contributed by atoms with van der Waals surface area (Å²) in [5.41, 5.74) is 7.23. The molecule has 2 heterocycles. The van der Waals surface area contributed by atoms with Crippen molar-refractivity contribution in [1.82, 2.24) is 14.6 Å². The Balaban J connectivity index is 0.00000225. The first kappa shape index (κ1) is 19.5. The zero-order valence-corrected chi connectivity index (χ0v) is 15.9. The molecule has 2 aromatic heterocycles. The summed E-state index contributed by atoms with van der Waals surface area (Å²) in [6.45, 7) is 2.02. The molecule has 0 atom stereocenters. The molecule has 0 aliphatic rings. The van der Waals surface area contributed by atoms with Crippen molar-refractivity contribution in [2.24, 2.45) is 5.73 Å². The molecule has 0 radical (unpaired) electrons. The van der Waals surface area contributed by atoms with Gasteiger partial charge in [0.2, 0.25) is 9.84 Å². The SMILES string of the molecule is CNc1nn2c(C)cc(CN)nc2c1S(=O)(=O)c1cccc(Cl)c1.Cl. The first-order valence-corrected chi connectivity index (χ1v) is 9.02. The Labute approximate surface area is 156 Å².